The van der Waals surface area contributed by atoms with Crippen molar-refractivity contribution in [1.82, 2.24) is 10.2 Å². The summed E-state index contributed by atoms with van der Waals surface area (Å²) in [6.07, 6.45) is 0. The van der Waals surface area contributed by atoms with Crippen molar-refractivity contribution in [3.05, 3.63) is 0 Å². The first-order chi connectivity index (χ1) is 3.39. The van der Waals surface area contributed by atoms with Crippen LogP contribution in [-0.2, 0) is 0 Å². The summed E-state index contributed by atoms with van der Waals surface area (Å²) in [5, 5.41) is 3.27. The maximum atomic E-state index is 3.27. The highest BCUT2D eigenvalue weighted by Gasteiger charge is 2.01. The van der Waals surface area contributed by atoms with Gasteiger partial charge in [-0.1, -0.05) is 0 Å². The summed E-state index contributed by atoms with van der Waals surface area (Å²) in [6.45, 7) is 4.74. The molecule has 0 amide bonds. The third kappa shape index (κ3) is 1.45. The van der Waals surface area contributed by atoms with Gasteiger partial charge >= 0.3 is 0 Å². The average Bonchev–Trinajstić information content (AvgIpc) is 1.69. The molecule has 2 heteroatoms. The van der Waals surface area contributed by atoms with Crippen LogP contribution in [0.3, 0.4) is 0 Å². The number of nitrogens with one attached hydrogen (secondary N) is 1. The molecule has 1 fully saturated rings. The maximum Gasteiger partial charge on any atom is 0.0104 e. The fraction of sp³-hybridized carbons (Fsp3) is 1.00. The van der Waals surface area contributed by atoms with Crippen LogP contribution in [0.15, 0.2) is 0 Å². The molecule has 0 spiro atoms. The molecular weight excluding hydrogens is 91.0 g/mol. The summed E-state index contributed by atoms with van der Waals surface area (Å²) in [4.78, 5) is 2.33. The van der Waals surface area contributed by atoms with E-state index in [0.717, 1.165) is 13.1 Å². The van der Waals surface area contributed by atoms with Crippen LogP contribution in [0.4, 0.5) is 0 Å². The van der Waals surface area contributed by atoms with E-state index in [0.29, 0.717) is 0 Å². The second-order valence-electron chi connectivity index (χ2n) is 2.05. The van der Waals surface area contributed by atoms with E-state index in [9.17, 15) is 0 Å². The van der Waals surface area contributed by atoms with Crippen LogP contribution in [-0.4, -0.2) is 38.1 Å². The molecule has 2 nitrogen and oxygen atoms in total. The lowest BCUT2D eigenvalue weighted by atomic mass is 10.8. The monoisotopic (exact) mass is 103 g/mol. The van der Waals surface area contributed by atoms with Crippen molar-refractivity contribution in [3.63, 3.8) is 0 Å². The van der Waals surface area contributed by atoms with Crippen molar-refractivity contribution >= 4 is 0 Å². The van der Waals surface area contributed by atoms with Crippen LogP contribution in [0.2, 0.25) is 0 Å². The molecule has 0 unspecified atom stereocenters. The van der Waals surface area contributed by atoms with Crippen molar-refractivity contribution in [2.75, 3.05) is 33.2 Å². The molecule has 7 heavy (non-hydrogen) atoms. The zero-order valence-corrected chi connectivity index (χ0v) is 4.78. The Bertz CT molecular complexity index is 48.0. The molecule has 0 aliphatic carbocycles. The van der Waals surface area contributed by atoms with Crippen LogP contribution in [0.25, 0.3) is 0 Å². The van der Waals surface area contributed by atoms with Crippen LogP contribution >= 0.6 is 0 Å². The molecule has 0 aromatic heterocycles. The molecule has 1 heterocycles. The van der Waals surface area contributed by atoms with E-state index in [1.807, 2.05) is 0 Å². The fourth-order valence-corrected chi connectivity index (χ4v) is 0.777. The van der Waals surface area contributed by atoms with Gasteiger partial charge in [0.25, 0.3) is 0 Å². The molecule has 1 aliphatic heterocycles. The van der Waals surface area contributed by atoms with Gasteiger partial charge in [0.2, 0.25) is 0 Å². The number of hydrogen-bond donors (Lipinski definition) is 1. The van der Waals surface area contributed by atoms with Crippen molar-refractivity contribution in [2.24, 2.45) is 0 Å². The summed E-state index contributed by atoms with van der Waals surface area (Å²) in [7, 11) is 2.15. The first-order valence-corrected chi connectivity index (χ1v) is 2.79. The number of hydrogen-bond acceptors (Lipinski definition) is 2. The van der Waals surface area contributed by atoms with Gasteiger partial charge in [-0.15, -0.1) is 0 Å². The minimum atomic E-state index is 1.16. The molecule has 42 valence electrons. The minimum Gasteiger partial charge on any atom is -0.314 e. The molecule has 1 aliphatic rings. The van der Waals surface area contributed by atoms with E-state index >= 15 is 0 Å². The average molecular weight is 103 g/mol. The highest BCUT2D eigenvalue weighted by Crippen LogP contribution is 1.82. The Hall–Kier alpha value is -0.0800. The van der Waals surface area contributed by atoms with Gasteiger partial charge in [-0.25, -0.2) is 0 Å². The Morgan fingerprint density at radius 1 is 1.29 bits per heavy atom. The lowest BCUT2D eigenvalue weighted by Gasteiger charge is -2.21. The summed E-state index contributed by atoms with van der Waals surface area (Å²) in [5.74, 6) is 0. The standard InChI is InChI=1S/C5H12N2/c1-7-4-2-6-3-5-7/h6H,2-5H2,1H3/i2+1,3+1,4+1. The molecule has 0 atom stereocenters. The van der Waals surface area contributed by atoms with Gasteiger partial charge in [-0.2, -0.15) is 0 Å². The number of likely N-dealkylation sites (N-methyl/N-ethyl adjacent to an activating group) is 1. The van der Waals surface area contributed by atoms with Crippen molar-refractivity contribution < 1.29 is 0 Å². The largest absolute Gasteiger partial charge is 0.314 e. The number of rotatable bonds is 0. The van der Waals surface area contributed by atoms with E-state index < -0.39 is 0 Å². The van der Waals surface area contributed by atoms with E-state index in [1.165, 1.54) is 13.1 Å². The normalized spacial score (nSPS) is 25.3. The highest BCUT2D eigenvalue weighted by molar-refractivity contribution is 4.62. The van der Waals surface area contributed by atoms with Crippen LogP contribution in [0, 0.1) is 0 Å². The summed E-state index contributed by atoms with van der Waals surface area (Å²) in [6, 6.07) is 0. The van der Waals surface area contributed by atoms with Crippen LogP contribution in [0.1, 0.15) is 0 Å². The molecular formula is C5H12N2. The predicted octanol–water partition coefficient (Wildman–Crippen LogP) is -0.479. The van der Waals surface area contributed by atoms with Gasteiger partial charge in [0.15, 0.2) is 0 Å². The van der Waals surface area contributed by atoms with Gasteiger partial charge in [-0.05, 0) is 7.05 Å². The maximum absolute atomic E-state index is 3.27. The first kappa shape index (κ1) is 5.06. The Morgan fingerprint density at radius 2 is 1.86 bits per heavy atom. The smallest absolute Gasteiger partial charge is 0.0104 e. The molecule has 1 saturated heterocycles. The summed E-state index contributed by atoms with van der Waals surface area (Å²) < 4.78 is 0. The van der Waals surface area contributed by atoms with Crippen molar-refractivity contribution in [3.8, 4) is 0 Å². The van der Waals surface area contributed by atoms with Crippen molar-refractivity contribution in [2.45, 2.75) is 0 Å². The van der Waals surface area contributed by atoms with Crippen LogP contribution in [0.5, 0.6) is 0 Å². The van der Waals surface area contributed by atoms with E-state index in [4.69, 9.17) is 0 Å². The van der Waals surface area contributed by atoms with Gasteiger partial charge in [0.05, 0.1) is 0 Å². The highest BCUT2D eigenvalue weighted by atomic mass is 15.4. The molecule has 1 rings (SSSR count). The molecule has 0 saturated carbocycles. The topological polar surface area (TPSA) is 15.3 Å². The quantitative estimate of drug-likeness (QED) is 0.417. The fourth-order valence-electron chi connectivity index (χ4n) is 0.777. The van der Waals surface area contributed by atoms with Gasteiger partial charge < -0.3 is 10.2 Å². The molecule has 0 aromatic rings. The Kier molecular flexibility index (Phi) is 1.65. The SMILES string of the molecule is CN1C[13CH2]N[13CH2][13CH2]1. The number of nitrogens with zero attached hydrogens (tertiary/aromatic N) is 1. The Balaban J connectivity index is 2.12. The minimum absolute atomic E-state index is 1.16. The zero-order valence-electron chi connectivity index (χ0n) is 4.78. The van der Waals surface area contributed by atoms with Gasteiger partial charge in [0.1, 0.15) is 0 Å². The molecule has 0 radical (unpaired) electrons. The van der Waals surface area contributed by atoms with E-state index in [-0.39, 0.29) is 0 Å². The van der Waals surface area contributed by atoms with Crippen molar-refractivity contribution in [1.29, 1.82) is 0 Å². The lowest BCUT2D eigenvalue weighted by Crippen LogP contribution is -2.40. The first-order valence-electron chi connectivity index (χ1n) is 2.79. The predicted molar refractivity (Wildman–Crippen MR) is 30.4 cm³/mol. The molecule has 1 N–H and O–H groups in total. The van der Waals surface area contributed by atoms with Gasteiger partial charge in [0, 0.05) is 26.2 Å². The Morgan fingerprint density at radius 3 is 2.14 bits per heavy atom. The van der Waals surface area contributed by atoms with E-state index in [1.54, 1.807) is 0 Å². The summed E-state index contributed by atoms with van der Waals surface area (Å²) in [5.41, 5.74) is 0. The molecule has 0 bridgehead atoms. The van der Waals surface area contributed by atoms with E-state index in [2.05, 4.69) is 17.3 Å². The third-order valence-electron chi connectivity index (χ3n) is 1.34. The zero-order chi connectivity index (χ0) is 5.11. The van der Waals surface area contributed by atoms with Gasteiger partial charge in [-0.3, -0.25) is 0 Å². The van der Waals surface area contributed by atoms with Crippen LogP contribution < -0.4 is 5.32 Å². The Labute approximate surface area is 44.5 Å². The number of piperazine rings is 1. The molecule has 0 aromatic carbocycles. The second kappa shape index (κ2) is 2.28. The third-order valence-corrected chi connectivity index (χ3v) is 1.34. The second-order valence-corrected chi connectivity index (χ2v) is 2.05. The lowest BCUT2D eigenvalue weighted by molar-refractivity contribution is 0.291. The summed E-state index contributed by atoms with van der Waals surface area (Å²) >= 11 is 0.